The van der Waals surface area contributed by atoms with Crippen LogP contribution in [-0.2, 0) is 16.1 Å². The van der Waals surface area contributed by atoms with Crippen molar-refractivity contribution in [2.45, 2.75) is 37.8 Å². The van der Waals surface area contributed by atoms with E-state index < -0.39 is 0 Å². The lowest BCUT2D eigenvalue weighted by atomic mass is 9.89. The van der Waals surface area contributed by atoms with E-state index in [-0.39, 0.29) is 30.2 Å². The summed E-state index contributed by atoms with van der Waals surface area (Å²) in [5.74, 6) is -0.407. The second-order valence-corrected chi connectivity index (χ2v) is 6.45. The quantitative estimate of drug-likeness (QED) is 0.939. The van der Waals surface area contributed by atoms with Gasteiger partial charge >= 0.3 is 0 Å². The third kappa shape index (κ3) is 2.68. The van der Waals surface area contributed by atoms with E-state index in [4.69, 9.17) is 0 Å². The van der Waals surface area contributed by atoms with Gasteiger partial charge in [-0.2, -0.15) is 5.10 Å². The minimum Gasteiger partial charge on any atom is -0.337 e. The van der Waals surface area contributed by atoms with E-state index in [2.05, 4.69) is 10.4 Å². The molecule has 1 N–H and O–H groups in total. The average Bonchev–Trinajstić information content (AvgIpc) is 3.26. The fourth-order valence-corrected chi connectivity index (χ4v) is 3.77. The van der Waals surface area contributed by atoms with Crippen LogP contribution in [0.1, 0.15) is 30.7 Å². The monoisotopic (exact) mass is 324 g/mol. The first-order chi connectivity index (χ1) is 11.7. The number of para-hydroxylation sites is 1. The lowest BCUT2D eigenvalue weighted by molar-refractivity contribution is -0.136. The summed E-state index contributed by atoms with van der Waals surface area (Å²) in [6.07, 6.45) is 5.87. The smallest absolute Gasteiger partial charge is 0.231 e. The highest BCUT2D eigenvalue weighted by Gasteiger charge is 2.37. The molecule has 1 aromatic carbocycles. The number of rotatable bonds is 3. The fourth-order valence-electron chi connectivity index (χ4n) is 3.77. The molecule has 4 rings (SSSR count). The first-order valence-corrected chi connectivity index (χ1v) is 8.39. The molecule has 6 heteroatoms. The Balaban J connectivity index is 1.57. The van der Waals surface area contributed by atoms with Crippen molar-refractivity contribution in [3.63, 3.8) is 0 Å². The summed E-state index contributed by atoms with van der Waals surface area (Å²) in [5, 5.41) is 7.11. The topological polar surface area (TPSA) is 67.2 Å². The molecule has 2 aromatic rings. The molecule has 2 atom stereocenters. The van der Waals surface area contributed by atoms with Crippen LogP contribution < -0.4 is 5.32 Å². The third-order valence-electron chi connectivity index (χ3n) is 4.92. The zero-order chi connectivity index (χ0) is 16.5. The minimum absolute atomic E-state index is 0.0620. The van der Waals surface area contributed by atoms with Crippen molar-refractivity contribution in [3.8, 4) is 0 Å². The molecule has 2 aliphatic rings. The molecule has 2 unspecified atom stereocenters. The van der Waals surface area contributed by atoms with E-state index in [0.717, 1.165) is 30.6 Å². The molecule has 6 nitrogen and oxygen atoms in total. The normalized spacial score (nSPS) is 23.0. The Kier molecular flexibility index (Phi) is 3.80. The number of nitrogens with zero attached hydrogens (tertiary/aromatic N) is 3. The molecular formula is C18H20N4O2. The van der Waals surface area contributed by atoms with Crippen LogP contribution in [-0.4, -0.2) is 39.1 Å². The second-order valence-electron chi connectivity index (χ2n) is 6.45. The number of amides is 2. The maximum atomic E-state index is 13.2. The Morgan fingerprint density at radius 3 is 3.00 bits per heavy atom. The number of aromatic nitrogens is 2. The van der Waals surface area contributed by atoms with E-state index in [1.54, 1.807) is 6.20 Å². The highest BCUT2D eigenvalue weighted by molar-refractivity contribution is 6.01. The Labute approximate surface area is 140 Å². The summed E-state index contributed by atoms with van der Waals surface area (Å²) < 4.78 is 1.87. The number of carbonyl (C=O) groups excluding carboxylic acids is 2. The van der Waals surface area contributed by atoms with Gasteiger partial charge in [0, 0.05) is 31.0 Å². The highest BCUT2D eigenvalue weighted by atomic mass is 16.2. The standard InChI is InChI=1S/C18H20N4O2/c23-17-11-15(14-6-1-2-7-16(14)20-17)18(24)22-10-3-5-13(22)12-21-9-4-8-19-21/h1-2,4,6-9,13,15H,3,5,10-12H2,(H,20,23). The van der Waals surface area contributed by atoms with Crippen LogP contribution in [0.5, 0.6) is 0 Å². The Morgan fingerprint density at radius 1 is 1.29 bits per heavy atom. The van der Waals surface area contributed by atoms with Crippen LogP contribution in [0.3, 0.4) is 0 Å². The van der Waals surface area contributed by atoms with Gasteiger partial charge in [0.05, 0.1) is 18.5 Å². The maximum Gasteiger partial charge on any atom is 0.231 e. The molecule has 1 saturated heterocycles. The van der Waals surface area contributed by atoms with E-state index in [9.17, 15) is 9.59 Å². The third-order valence-corrected chi connectivity index (χ3v) is 4.92. The molecule has 3 heterocycles. The molecular weight excluding hydrogens is 304 g/mol. The number of anilines is 1. The molecule has 2 aliphatic heterocycles. The predicted octanol–water partition coefficient (Wildman–Crippen LogP) is 2.00. The van der Waals surface area contributed by atoms with Gasteiger partial charge in [0.25, 0.3) is 0 Å². The molecule has 1 fully saturated rings. The Morgan fingerprint density at radius 2 is 2.17 bits per heavy atom. The van der Waals surface area contributed by atoms with Crippen molar-refractivity contribution >= 4 is 17.5 Å². The lowest BCUT2D eigenvalue weighted by Crippen LogP contribution is -2.42. The molecule has 0 spiro atoms. The SMILES string of the molecule is O=C1CC(C(=O)N2CCCC2Cn2cccn2)c2ccccc2N1. The summed E-state index contributed by atoms with van der Waals surface area (Å²) in [7, 11) is 0. The van der Waals surface area contributed by atoms with Crippen molar-refractivity contribution in [1.29, 1.82) is 0 Å². The molecule has 24 heavy (non-hydrogen) atoms. The largest absolute Gasteiger partial charge is 0.337 e. The van der Waals surface area contributed by atoms with Crippen molar-refractivity contribution in [1.82, 2.24) is 14.7 Å². The number of hydrogen-bond acceptors (Lipinski definition) is 3. The number of carbonyl (C=O) groups is 2. The van der Waals surface area contributed by atoms with Gasteiger partial charge in [-0.25, -0.2) is 0 Å². The first kappa shape index (κ1) is 14.9. The van der Waals surface area contributed by atoms with Gasteiger partial charge in [0.15, 0.2) is 0 Å². The molecule has 0 saturated carbocycles. The molecule has 0 radical (unpaired) electrons. The number of likely N-dealkylation sites (tertiary alicyclic amines) is 1. The zero-order valence-electron chi connectivity index (χ0n) is 13.4. The number of nitrogens with one attached hydrogen (secondary N) is 1. The molecule has 2 amide bonds. The van der Waals surface area contributed by atoms with Crippen molar-refractivity contribution < 1.29 is 9.59 Å². The summed E-state index contributed by atoms with van der Waals surface area (Å²) in [4.78, 5) is 27.1. The van der Waals surface area contributed by atoms with Crippen molar-refractivity contribution in [2.24, 2.45) is 0 Å². The van der Waals surface area contributed by atoms with Gasteiger partial charge < -0.3 is 10.2 Å². The summed E-state index contributed by atoms with van der Waals surface area (Å²) in [6, 6.07) is 9.63. The van der Waals surface area contributed by atoms with Crippen LogP contribution in [0.4, 0.5) is 5.69 Å². The van der Waals surface area contributed by atoms with Gasteiger partial charge in [-0.15, -0.1) is 0 Å². The zero-order valence-corrected chi connectivity index (χ0v) is 13.4. The summed E-state index contributed by atoms with van der Waals surface area (Å²) in [6.45, 7) is 1.46. The molecule has 1 aromatic heterocycles. The van der Waals surface area contributed by atoms with Crippen LogP contribution in [0.2, 0.25) is 0 Å². The van der Waals surface area contributed by atoms with E-state index in [0.29, 0.717) is 6.54 Å². The van der Waals surface area contributed by atoms with Crippen LogP contribution in [0.15, 0.2) is 42.7 Å². The van der Waals surface area contributed by atoms with Crippen molar-refractivity contribution in [3.05, 3.63) is 48.3 Å². The Hall–Kier alpha value is -2.63. The fraction of sp³-hybridized carbons (Fsp3) is 0.389. The van der Waals surface area contributed by atoms with Gasteiger partial charge in [0.1, 0.15) is 0 Å². The van der Waals surface area contributed by atoms with Gasteiger partial charge in [0.2, 0.25) is 11.8 Å². The summed E-state index contributed by atoms with van der Waals surface area (Å²) >= 11 is 0. The summed E-state index contributed by atoms with van der Waals surface area (Å²) in [5.41, 5.74) is 1.68. The van der Waals surface area contributed by atoms with Crippen LogP contribution in [0.25, 0.3) is 0 Å². The molecule has 0 bridgehead atoms. The predicted molar refractivity (Wildman–Crippen MR) is 89.4 cm³/mol. The highest BCUT2D eigenvalue weighted by Crippen LogP contribution is 2.35. The van der Waals surface area contributed by atoms with Crippen LogP contribution in [0, 0.1) is 0 Å². The average molecular weight is 324 g/mol. The number of benzene rings is 1. The first-order valence-electron chi connectivity index (χ1n) is 8.39. The second kappa shape index (κ2) is 6.11. The van der Waals surface area contributed by atoms with E-state index in [1.165, 1.54) is 0 Å². The van der Waals surface area contributed by atoms with Gasteiger partial charge in [-0.3, -0.25) is 14.3 Å². The minimum atomic E-state index is -0.381. The molecule has 0 aliphatic carbocycles. The lowest BCUT2D eigenvalue weighted by Gasteiger charge is -2.31. The van der Waals surface area contributed by atoms with Crippen LogP contribution >= 0.6 is 0 Å². The van der Waals surface area contributed by atoms with E-state index in [1.807, 2.05) is 46.1 Å². The number of hydrogen-bond donors (Lipinski definition) is 1. The van der Waals surface area contributed by atoms with Gasteiger partial charge in [-0.05, 0) is 30.5 Å². The molecule has 124 valence electrons. The van der Waals surface area contributed by atoms with Gasteiger partial charge in [-0.1, -0.05) is 18.2 Å². The van der Waals surface area contributed by atoms with E-state index >= 15 is 0 Å². The maximum absolute atomic E-state index is 13.2. The number of fused-ring (bicyclic) bond motifs is 1. The Bertz CT molecular complexity index is 756. The van der Waals surface area contributed by atoms with Crippen molar-refractivity contribution in [2.75, 3.05) is 11.9 Å².